The zero-order chi connectivity index (χ0) is 17.0. The van der Waals surface area contributed by atoms with Gasteiger partial charge in [-0.2, -0.15) is 0 Å². The predicted octanol–water partition coefficient (Wildman–Crippen LogP) is 3.08. The second kappa shape index (κ2) is 9.25. The van der Waals surface area contributed by atoms with Gasteiger partial charge in [-0.15, -0.1) is 24.2 Å². The van der Waals surface area contributed by atoms with E-state index in [4.69, 9.17) is 5.73 Å². The number of piperidine rings is 1. The fraction of sp³-hybridized carbons (Fsp3) is 0.562. The van der Waals surface area contributed by atoms with Crippen LogP contribution in [0.1, 0.15) is 26.7 Å². The molecule has 2 atom stereocenters. The Bertz CT molecular complexity index is 560. The van der Waals surface area contributed by atoms with E-state index in [9.17, 15) is 14.9 Å². The first-order valence-electron chi connectivity index (χ1n) is 7.84. The van der Waals surface area contributed by atoms with Crippen LogP contribution >= 0.6 is 24.2 Å². The summed E-state index contributed by atoms with van der Waals surface area (Å²) in [5, 5.41) is 10.4. The minimum absolute atomic E-state index is 0. The molecule has 0 saturated carbocycles. The van der Waals surface area contributed by atoms with Gasteiger partial charge in [0.25, 0.3) is 5.69 Å². The number of benzene rings is 1. The van der Waals surface area contributed by atoms with Crippen LogP contribution in [0, 0.1) is 16.0 Å². The third-order valence-electron chi connectivity index (χ3n) is 4.30. The molecule has 134 valence electrons. The summed E-state index contributed by atoms with van der Waals surface area (Å²) in [6, 6.07) is 6.49. The Hall–Kier alpha value is -1.31. The van der Waals surface area contributed by atoms with Crippen molar-refractivity contribution in [3.63, 3.8) is 0 Å². The van der Waals surface area contributed by atoms with Crippen molar-refractivity contribution in [3.05, 3.63) is 34.4 Å². The monoisotopic (exact) mass is 373 g/mol. The standard InChI is InChI=1S/C16H23N3O3S.ClH/c1-11(17)13-7-9-18(10-8-13)16(20)12(2)23-15-5-3-14(4-6-15)19(21)22;/h3-6,11-13H,7-10,17H2,1-2H3;1H. The van der Waals surface area contributed by atoms with Crippen LogP contribution < -0.4 is 5.73 Å². The van der Waals surface area contributed by atoms with Crippen molar-refractivity contribution in [2.45, 2.75) is 42.9 Å². The van der Waals surface area contributed by atoms with Crippen molar-refractivity contribution in [1.29, 1.82) is 0 Å². The van der Waals surface area contributed by atoms with E-state index in [1.807, 2.05) is 18.7 Å². The average Bonchev–Trinajstić information content (AvgIpc) is 2.54. The highest BCUT2D eigenvalue weighted by molar-refractivity contribution is 8.00. The number of nitrogens with zero attached hydrogens (tertiary/aromatic N) is 2. The SMILES string of the molecule is CC(Sc1ccc([N+](=O)[O-])cc1)C(=O)N1CCC(C(C)N)CC1.Cl. The van der Waals surface area contributed by atoms with E-state index < -0.39 is 4.92 Å². The Balaban J connectivity index is 0.00000288. The van der Waals surface area contributed by atoms with Crippen LogP contribution in [0.4, 0.5) is 5.69 Å². The van der Waals surface area contributed by atoms with Crippen LogP contribution in [0.3, 0.4) is 0 Å². The molecule has 0 radical (unpaired) electrons. The number of nitro groups is 1. The zero-order valence-electron chi connectivity index (χ0n) is 13.9. The largest absolute Gasteiger partial charge is 0.342 e. The van der Waals surface area contributed by atoms with E-state index in [0.717, 1.165) is 30.8 Å². The van der Waals surface area contributed by atoms with Gasteiger partial charge in [0.15, 0.2) is 0 Å². The Morgan fingerprint density at radius 1 is 1.29 bits per heavy atom. The number of hydrogen-bond donors (Lipinski definition) is 1. The lowest BCUT2D eigenvalue weighted by atomic mass is 9.91. The molecule has 1 aliphatic rings. The van der Waals surface area contributed by atoms with Crippen LogP contribution in [0.15, 0.2) is 29.2 Å². The van der Waals surface area contributed by atoms with E-state index in [2.05, 4.69) is 0 Å². The smallest absolute Gasteiger partial charge is 0.269 e. The topological polar surface area (TPSA) is 89.5 Å². The molecule has 2 N–H and O–H groups in total. The second-order valence-corrected chi connectivity index (χ2v) is 7.45. The number of thioether (sulfide) groups is 1. The Labute approximate surface area is 152 Å². The van der Waals surface area contributed by atoms with Crippen LogP contribution in [-0.4, -0.2) is 40.1 Å². The fourth-order valence-corrected chi connectivity index (χ4v) is 3.76. The van der Waals surface area contributed by atoms with E-state index in [0.29, 0.717) is 5.92 Å². The Kier molecular flexibility index (Phi) is 7.99. The summed E-state index contributed by atoms with van der Waals surface area (Å²) in [6.07, 6.45) is 1.91. The number of nitro benzene ring substituents is 1. The van der Waals surface area contributed by atoms with Gasteiger partial charge in [-0.05, 0) is 44.7 Å². The van der Waals surface area contributed by atoms with Gasteiger partial charge >= 0.3 is 0 Å². The lowest BCUT2D eigenvalue weighted by Gasteiger charge is -2.35. The fourth-order valence-electron chi connectivity index (χ4n) is 2.80. The van der Waals surface area contributed by atoms with E-state index in [1.54, 1.807) is 12.1 Å². The molecule has 8 heteroatoms. The number of hydrogen-bond acceptors (Lipinski definition) is 5. The number of non-ortho nitro benzene ring substituents is 1. The summed E-state index contributed by atoms with van der Waals surface area (Å²) in [4.78, 5) is 25.5. The predicted molar refractivity (Wildman–Crippen MR) is 98.6 cm³/mol. The maximum absolute atomic E-state index is 12.5. The first kappa shape index (κ1) is 20.7. The number of amides is 1. The van der Waals surface area contributed by atoms with Gasteiger partial charge in [-0.1, -0.05) is 0 Å². The summed E-state index contributed by atoms with van der Waals surface area (Å²) in [7, 11) is 0. The third-order valence-corrected chi connectivity index (χ3v) is 5.40. The molecule has 1 aromatic rings. The number of carbonyl (C=O) groups excluding carboxylic acids is 1. The van der Waals surface area contributed by atoms with E-state index in [-0.39, 0.29) is 35.3 Å². The molecule has 2 unspecified atom stereocenters. The van der Waals surface area contributed by atoms with Crippen LogP contribution in [0.5, 0.6) is 0 Å². The molecule has 0 bridgehead atoms. The minimum atomic E-state index is -0.425. The molecule has 24 heavy (non-hydrogen) atoms. The number of rotatable bonds is 5. The van der Waals surface area contributed by atoms with E-state index >= 15 is 0 Å². The van der Waals surface area contributed by atoms with Crippen molar-refractivity contribution in [3.8, 4) is 0 Å². The first-order valence-corrected chi connectivity index (χ1v) is 8.72. The second-order valence-electron chi connectivity index (χ2n) is 6.03. The molecule has 0 spiro atoms. The molecule has 1 amide bonds. The van der Waals surface area contributed by atoms with Crippen molar-refractivity contribution in [2.24, 2.45) is 11.7 Å². The number of carbonyl (C=O) groups is 1. The van der Waals surface area contributed by atoms with Crippen LogP contribution in [0.25, 0.3) is 0 Å². The molecular weight excluding hydrogens is 350 g/mol. The lowest BCUT2D eigenvalue weighted by molar-refractivity contribution is -0.384. The zero-order valence-corrected chi connectivity index (χ0v) is 15.5. The van der Waals surface area contributed by atoms with Crippen LogP contribution in [0.2, 0.25) is 0 Å². The molecule has 0 aromatic heterocycles. The van der Waals surface area contributed by atoms with Crippen molar-refractivity contribution < 1.29 is 9.72 Å². The molecule has 1 saturated heterocycles. The van der Waals surface area contributed by atoms with Gasteiger partial charge in [-0.25, -0.2) is 0 Å². The average molecular weight is 374 g/mol. The summed E-state index contributed by atoms with van der Waals surface area (Å²) >= 11 is 1.43. The van der Waals surface area contributed by atoms with Gasteiger partial charge in [-0.3, -0.25) is 14.9 Å². The molecule has 1 aromatic carbocycles. The Morgan fingerprint density at radius 2 is 1.83 bits per heavy atom. The van der Waals surface area contributed by atoms with Gasteiger partial charge in [0, 0.05) is 36.2 Å². The van der Waals surface area contributed by atoms with Crippen molar-refractivity contribution >= 4 is 35.8 Å². The summed E-state index contributed by atoms with van der Waals surface area (Å²) in [5.74, 6) is 0.619. The summed E-state index contributed by atoms with van der Waals surface area (Å²) < 4.78 is 0. The maximum Gasteiger partial charge on any atom is 0.269 e. The highest BCUT2D eigenvalue weighted by Crippen LogP contribution is 2.28. The normalized spacial score (nSPS) is 17.7. The molecular formula is C16H24ClN3O3S. The maximum atomic E-state index is 12.5. The molecule has 2 rings (SSSR count). The quantitative estimate of drug-likeness (QED) is 0.486. The minimum Gasteiger partial charge on any atom is -0.342 e. The molecule has 1 aliphatic heterocycles. The molecule has 6 nitrogen and oxygen atoms in total. The highest BCUT2D eigenvalue weighted by Gasteiger charge is 2.27. The summed E-state index contributed by atoms with van der Waals surface area (Å²) in [6.45, 7) is 5.42. The third kappa shape index (κ3) is 5.36. The van der Waals surface area contributed by atoms with Crippen LogP contribution in [-0.2, 0) is 4.79 Å². The molecule has 1 heterocycles. The number of halogens is 1. The molecule has 0 aliphatic carbocycles. The van der Waals surface area contributed by atoms with Crippen molar-refractivity contribution in [2.75, 3.05) is 13.1 Å². The first-order chi connectivity index (χ1) is 10.9. The Morgan fingerprint density at radius 3 is 2.29 bits per heavy atom. The lowest BCUT2D eigenvalue weighted by Crippen LogP contribution is -2.45. The van der Waals surface area contributed by atoms with Gasteiger partial charge < -0.3 is 10.6 Å². The number of likely N-dealkylation sites (tertiary alicyclic amines) is 1. The highest BCUT2D eigenvalue weighted by atomic mass is 35.5. The van der Waals surface area contributed by atoms with E-state index in [1.165, 1.54) is 23.9 Å². The van der Waals surface area contributed by atoms with Gasteiger partial charge in [0.05, 0.1) is 10.2 Å². The summed E-state index contributed by atoms with van der Waals surface area (Å²) in [5.41, 5.74) is 5.99. The van der Waals surface area contributed by atoms with Gasteiger partial charge in [0.2, 0.25) is 5.91 Å². The van der Waals surface area contributed by atoms with Gasteiger partial charge in [0.1, 0.15) is 0 Å². The molecule has 1 fully saturated rings. The number of nitrogens with two attached hydrogens (primary N) is 1. The van der Waals surface area contributed by atoms with Crippen molar-refractivity contribution in [1.82, 2.24) is 4.90 Å².